The largest absolute Gasteiger partial charge is 0.464 e. The lowest BCUT2D eigenvalue weighted by Gasteiger charge is -2.09. The van der Waals surface area contributed by atoms with Crippen LogP contribution in [0.1, 0.15) is 23.2 Å². The van der Waals surface area contributed by atoms with Gasteiger partial charge in [-0.25, -0.2) is 9.78 Å². The molecule has 2 N–H and O–H groups in total. The Kier molecular flexibility index (Phi) is 3.17. The normalized spacial score (nSPS) is 12.5. The molecule has 3 rings (SSSR count). The number of carbonyl (C=O) groups excluding carboxylic acids is 1. The van der Waals surface area contributed by atoms with Gasteiger partial charge < -0.3 is 19.9 Å². The molecule has 0 amide bonds. The number of hydrogen-bond donors (Lipinski definition) is 1. The van der Waals surface area contributed by atoms with Gasteiger partial charge in [0.25, 0.3) is 0 Å². The van der Waals surface area contributed by atoms with Crippen molar-refractivity contribution in [3.63, 3.8) is 0 Å². The Bertz CT molecular complexity index is 708. The summed E-state index contributed by atoms with van der Waals surface area (Å²) < 4.78 is 17.1. The molecule has 0 saturated heterocycles. The van der Waals surface area contributed by atoms with E-state index in [4.69, 9.17) is 19.9 Å². The maximum Gasteiger partial charge on any atom is 0.360 e. The summed E-state index contributed by atoms with van der Waals surface area (Å²) in [5.74, 6) is 1.69. The van der Waals surface area contributed by atoms with E-state index in [1.165, 1.54) is 7.11 Å². The Hall–Kier alpha value is -2.70. The molecule has 1 aromatic heterocycles. The fraction of sp³-hybridized carbons (Fsp3) is 0.286. The van der Waals surface area contributed by atoms with Crippen molar-refractivity contribution in [2.45, 2.75) is 13.3 Å². The summed E-state index contributed by atoms with van der Waals surface area (Å²) >= 11 is 0. The smallest absolute Gasteiger partial charge is 0.360 e. The van der Waals surface area contributed by atoms with Gasteiger partial charge in [0.05, 0.1) is 12.8 Å². The van der Waals surface area contributed by atoms with Crippen molar-refractivity contribution in [3.8, 4) is 17.2 Å². The molecule has 7 nitrogen and oxygen atoms in total. The predicted octanol–water partition coefficient (Wildman–Crippen LogP) is 1.53. The van der Waals surface area contributed by atoms with Crippen LogP contribution in [0.3, 0.4) is 0 Å². The Morgan fingerprint density at radius 3 is 2.90 bits per heavy atom. The third-order valence-electron chi connectivity index (χ3n) is 3.29. The molecule has 7 heteroatoms. The van der Waals surface area contributed by atoms with Crippen LogP contribution >= 0.6 is 0 Å². The van der Waals surface area contributed by atoms with Crippen molar-refractivity contribution in [1.82, 2.24) is 9.55 Å². The van der Waals surface area contributed by atoms with Crippen LogP contribution in [0.25, 0.3) is 5.69 Å². The Morgan fingerprint density at radius 1 is 1.43 bits per heavy atom. The van der Waals surface area contributed by atoms with Crippen molar-refractivity contribution >= 4 is 11.8 Å². The number of nitrogens with two attached hydrogens (primary N) is 1. The molecule has 0 aliphatic carbocycles. The minimum absolute atomic E-state index is 0.118. The molecule has 0 spiro atoms. The van der Waals surface area contributed by atoms with Gasteiger partial charge >= 0.3 is 5.97 Å². The van der Waals surface area contributed by atoms with Gasteiger partial charge in [0.2, 0.25) is 6.79 Å². The number of methoxy groups -OCH3 is 1. The topological polar surface area (TPSA) is 88.6 Å². The second kappa shape index (κ2) is 5.01. The van der Waals surface area contributed by atoms with E-state index in [2.05, 4.69) is 4.98 Å². The van der Waals surface area contributed by atoms with Gasteiger partial charge in [-0.2, -0.15) is 0 Å². The summed E-state index contributed by atoms with van der Waals surface area (Å²) in [6, 6.07) is 5.45. The number of aryl methyl sites for hydroxylation is 1. The van der Waals surface area contributed by atoms with Gasteiger partial charge in [-0.15, -0.1) is 0 Å². The highest BCUT2D eigenvalue weighted by Crippen LogP contribution is 2.35. The summed E-state index contributed by atoms with van der Waals surface area (Å²) in [6.07, 6.45) is 0.621. The van der Waals surface area contributed by atoms with Gasteiger partial charge in [-0.1, -0.05) is 6.92 Å². The molecule has 0 fully saturated rings. The van der Waals surface area contributed by atoms with Gasteiger partial charge in [0.1, 0.15) is 11.6 Å². The fourth-order valence-corrected chi connectivity index (χ4v) is 2.28. The number of anilines is 1. The van der Waals surface area contributed by atoms with E-state index in [9.17, 15) is 4.79 Å². The first kappa shape index (κ1) is 13.3. The van der Waals surface area contributed by atoms with Gasteiger partial charge in [0, 0.05) is 12.5 Å². The standard InChI is InChI=1S/C14H15N3O4/c1-3-11-16-12(14(18)19-2)13(15)17(11)8-4-5-9-10(6-8)21-7-20-9/h4-6H,3,7,15H2,1-2H3. The van der Waals surface area contributed by atoms with Gasteiger partial charge in [0.15, 0.2) is 17.2 Å². The maximum atomic E-state index is 11.7. The van der Waals surface area contributed by atoms with E-state index in [1.807, 2.05) is 13.0 Å². The number of nitrogen functional groups attached to an aromatic ring is 1. The molecule has 1 aliphatic rings. The molecule has 2 aromatic rings. The van der Waals surface area contributed by atoms with Crippen molar-refractivity contribution in [3.05, 3.63) is 29.7 Å². The number of benzene rings is 1. The van der Waals surface area contributed by atoms with Crippen LogP contribution in [0.2, 0.25) is 0 Å². The lowest BCUT2D eigenvalue weighted by molar-refractivity contribution is 0.0595. The Morgan fingerprint density at radius 2 is 2.19 bits per heavy atom. The number of carbonyl (C=O) groups is 1. The van der Waals surface area contributed by atoms with Crippen LogP contribution in [-0.2, 0) is 11.2 Å². The lowest BCUT2D eigenvalue weighted by Crippen LogP contribution is -2.08. The molecule has 0 unspecified atom stereocenters. The van der Waals surface area contributed by atoms with Crippen LogP contribution in [0.4, 0.5) is 5.82 Å². The van der Waals surface area contributed by atoms with E-state index in [-0.39, 0.29) is 18.3 Å². The number of aromatic nitrogens is 2. The van der Waals surface area contributed by atoms with Crippen molar-refractivity contribution in [2.75, 3.05) is 19.6 Å². The molecule has 0 atom stereocenters. The molecule has 110 valence electrons. The molecular weight excluding hydrogens is 274 g/mol. The quantitative estimate of drug-likeness (QED) is 0.862. The second-order valence-corrected chi connectivity index (χ2v) is 4.48. The minimum atomic E-state index is -0.554. The molecule has 2 heterocycles. The molecule has 0 saturated carbocycles. The first-order chi connectivity index (χ1) is 10.2. The molecular formula is C14H15N3O4. The number of nitrogens with zero attached hydrogens (tertiary/aromatic N) is 2. The number of esters is 1. The molecule has 0 radical (unpaired) electrons. The first-order valence-electron chi connectivity index (χ1n) is 6.51. The molecule has 1 aromatic carbocycles. The average molecular weight is 289 g/mol. The zero-order valence-corrected chi connectivity index (χ0v) is 11.8. The fourth-order valence-electron chi connectivity index (χ4n) is 2.28. The molecule has 0 bridgehead atoms. The summed E-state index contributed by atoms with van der Waals surface area (Å²) in [4.78, 5) is 16.0. The number of rotatable bonds is 3. The molecule has 1 aliphatic heterocycles. The van der Waals surface area contributed by atoms with E-state index >= 15 is 0 Å². The molecule has 21 heavy (non-hydrogen) atoms. The highest BCUT2D eigenvalue weighted by molar-refractivity contribution is 5.92. The van der Waals surface area contributed by atoms with Crippen LogP contribution < -0.4 is 15.2 Å². The summed E-state index contributed by atoms with van der Waals surface area (Å²) in [5, 5.41) is 0. The number of ether oxygens (including phenoxy) is 3. The third-order valence-corrected chi connectivity index (χ3v) is 3.29. The van der Waals surface area contributed by atoms with Gasteiger partial charge in [-0.05, 0) is 12.1 Å². The van der Waals surface area contributed by atoms with Crippen molar-refractivity contribution < 1.29 is 19.0 Å². The van der Waals surface area contributed by atoms with E-state index in [1.54, 1.807) is 16.7 Å². The van der Waals surface area contributed by atoms with Crippen LogP contribution in [0.15, 0.2) is 18.2 Å². The van der Waals surface area contributed by atoms with Crippen LogP contribution in [0.5, 0.6) is 11.5 Å². The highest BCUT2D eigenvalue weighted by atomic mass is 16.7. The SMILES string of the molecule is CCc1nc(C(=O)OC)c(N)n1-c1ccc2c(c1)OCO2. The van der Waals surface area contributed by atoms with Gasteiger partial charge in [-0.3, -0.25) is 4.57 Å². The summed E-state index contributed by atoms with van der Waals surface area (Å²) in [5.41, 5.74) is 6.94. The van der Waals surface area contributed by atoms with Crippen molar-refractivity contribution in [2.24, 2.45) is 0 Å². The Labute approximate surface area is 121 Å². The number of hydrogen-bond acceptors (Lipinski definition) is 6. The van der Waals surface area contributed by atoms with Crippen LogP contribution in [0, 0.1) is 0 Å². The summed E-state index contributed by atoms with van der Waals surface area (Å²) in [7, 11) is 1.30. The average Bonchev–Trinajstić information content (AvgIpc) is 3.09. The predicted molar refractivity (Wildman–Crippen MR) is 74.8 cm³/mol. The van der Waals surface area contributed by atoms with Crippen LogP contribution in [-0.4, -0.2) is 29.4 Å². The highest BCUT2D eigenvalue weighted by Gasteiger charge is 2.22. The van der Waals surface area contributed by atoms with Crippen molar-refractivity contribution in [1.29, 1.82) is 0 Å². The van der Waals surface area contributed by atoms with E-state index in [0.717, 1.165) is 5.69 Å². The van der Waals surface area contributed by atoms with E-state index < -0.39 is 5.97 Å². The Balaban J connectivity index is 2.13. The minimum Gasteiger partial charge on any atom is -0.464 e. The summed E-state index contributed by atoms with van der Waals surface area (Å²) in [6.45, 7) is 2.14. The first-order valence-corrected chi connectivity index (χ1v) is 6.51. The third kappa shape index (κ3) is 2.06. The number of imidazole rings is 1. The number of fused-ring (bicyclic) bond motifs is 1. The second-order valence-electron chi connectivity index (χ2n) is 4.48. The zero-order chi connectivity index (χ0) is 15.0. The monoisotopic (exact) mass is 289 g/mol. The van der Waals surface area contributed by atoms with E-state index in [0.29, 0.717) is 23.7 Å². The lowest BCUT2D eigenvalue weighted by atomic mass is 10.2. The maximum absolute atomic E-state index is 11.7. The zero-order valence-electron chi connectivity index (χ0n) is 11.8.